The number of ether oxygens (including phenoxy) is 1. The fraction of sp³-hybridized carbons (Fsp3) is 0.0571. The summed E-state index contributed by atoms with van der Waals surface area (Å²) in [5.41, 5.74) is 4.84. The molecule has 0 aliphatic rings. The molecule has 14 aromatic rings. The van der Waals surface area contributed by atoms with Gasteiger partial charge in [-0.2, -0.15) is 0 Å². The first kappa shape index (κ1) is 33.0. The molecular formula is C70H49N5OPt-2. The van der Waals surface area contributed by atoms with Crippen molar-refractivity contribution in [3.05, 3.63) is 264 Å². The second-order valence-corrected chi connectivity index (χ2v) is 20.5. The number of rotatable bonds is 9. The molecule has 0 unspecified atom stereocenters. The molecule has 77 heavy (non-hydrogen) atoms. The van der Waals surface area contributed by atoms with Crippen molar-refractivity contribution in [2.45, 2.75) is 26.2 Å². The molecule has 0 fully saturated rings. The Kier molecular flexibility index (Phi) is 8.00. The van der Waals surface area contributed by atoms with Gasteiger partial charge < -0.3 is 0 Å². The molecule has 0 saturated carbocycles. The van der Waals surface area contributed by atoms with E-state index in [0.29, 0.717) is 31.9 Å². The first-order valence-electron chi connectivity index (χ1n) is 32.2. The molecule has 0 radical (unpaired) electrons. The molecule has 0 bridgehead atoms. The van der Waals surface area contributed by atoms with Gasteiger partial charge in [-0.25, -0.2) is 0 Å². The Hall–Kier alpha value is -9.09. The van der Waals surface area contributed by atoms with Crippen LogP contribution in [0.15, 0.2) is 242 Å². The van der Waals surface area contributed by atoms with E-state index in [2.05, 4.69) is 52.3 Å². The van der Waals surface area contributed by atoms with Gasteiger partial charge in [-0.05, 0) is 17.0 Å². The van der Waals surface area contributed by atoms with Crippen molar-refractivity contribution in [2.75, 3.05) is 0 Å². The Labute approximate surface area is 478 Å². The van der Waals surface area contributed by atoms with E-state index in [1.165, 1.54) is 6.07 Å². The summed E-state index contributed by atoms with van der Waals surface area (Å²) in [6.07, 6.45) is 1.78. The van der Waals surface area contributed by atoms with Crippen molar-refractivity contribution < 1.29 is 44.7 Å². The van der Waals surface area contributed by atoms with Crippen LogP contribution in [0.3, 0.4) is 0 Å². The maximum atomic E-state index is 9.66. The molecule has 0 saturated heterocycles. The van der Waals surface area contributed by atoms with Crippen LogP contribution < -0.4 is 4.74 Å². The van der Waals surface area contributed by atoms with E-state index >= 15 is 0 Å². The Morgan fingerprint density at radius 1 is 0.468 bits per heavy atom. The van der Waals surface area contributed by atoms with Crippen molar-refractivity contribution in [2.24, 2.45) is 0 Å². The quantitative estimate of drug-likeness (QED) is 0.135. The van der Waals surface area contributed by atoms with Crippen molar-refractivity contribution >= 4 is 54.6 Å². The third-order valence-electron chi connectivity index (χ3n) is 13.9. The standard InChI is InChI=1S/C70H49N5O.Pt/c1-70(2,3)51-37-38-71-68(41-51)75-64-32-18-15-29-58(64)59-36-35-54(45-67(59)75)76-55-40-50(47-21-7-4-8-22-47)39-52(42-55)72-46-73(66-34-20-19-33-65(66)72)69-60(48-23-9-5-10-24-48)43-53(44-61(69)49-25-11-6-12-26-49)74-62-30-16-13-27-56(62)57-28-14-17-31-63(57)74;/h4-41,43-44H,1-3H3;/q-2;/i4D,5D,6D,7D,8D,9D,10D,11D,12D,21D,22D,23D,24D,25D,26D;. The molecule has 0 spiro atoms. The zero-order valence-corrected chi connectivity index (χ0v) is 43.7. The molecule has 4 aromatic heterocycles. The molecular weight excluding hydrogens is 1120 g/mol. The predicted molar refractivity (Wildman–Crippen MR) is 312 cm³/mol. The van der Waals surface area contributed by atoms with Gasteiger partial charge in [0.2, 0.25) is 0 Å². The van der Waals surface area contributed by atoms with Crippen molar-refractivity contribution in [3.8, 4) is 67.8 Å². The SMILES string of the molecule is [2H]c1c([2H])c([2H])c(-c2cc(Oc3[c-]c4c(cc3)c3ccccc3n4-c3cc(C(C)(C)C)ccn3)[c-]c(-n3[c](=[Pt])n(-c4c(-c5c([2H])c([2H])c([2H])c([2H])c5[2H])cc(-n5c6ccccc6c6ccccc65)cc4-c4c([2H])c([2H])c([2H])c([2H])c4[2H])c4ccccc43)c2)c([2H])c1[2H]. The Balaban J connectivity index is 1.09. The number of benzene rings is 10. The summed E-state index contributed by atoms with van der Waals surface area (Å²) in [4.78, 5) is 4.84. The summed E-state index contributed by atoms with van der Waals surface area (Å²) in [5, 5.41) is 3.53. The number of imidazole rings is 1. The van der Waals surface area contributed by atoms with Gasteiger partial charge in [-0.1, -0.05) is 32.9 Å². The fourth-order valence-corrected chi connectivity index (χ4v) is 11.5. The molecule has 14 rings (SSSR count). The Bertz CT molecular complexity index is 5380. The van der Waals surface area contributed by atoms with Crippen molar-refractivity contribution in [1.82, 2.24) is 23.3 Å². The summed E-state index contributed by atoms with van der Waals surface area (Å²) < 4.78 is 152. The summed E-state index contributed by atoms with van der Waals surface area (Å²) >= 11 is 2.07. The second kappa shape index (κ2) is 18.6. The third kappa shape index (κ3) is 7.98. The summed E-state index contributed by atoms with van der Waals surface area (Å²) in [6.45, 7) is 6.39. The van der Waals surface area contributed by atoms with E-state index in [1.54, 1.807) is 63.9 Å². The zero-order chi connectivity index (χ0) is 64.8. The van der Waals surface area contributed by atoms with Crippen LogP contribution >= 0.6 is 0 Å². The molecule has 4 heterocycles. The molecule has 0 atom stereocenters. The fourth-order valence-electron chi connectivity index (χ4n) is 10.4. The van der Waals surface area contributed by atoms with E-state index in [1.807, 2.05) is 100 Å². The van der Waals surface area contributed by atoms with Crippen LogP contribution in [0, 0.1) is 15.9 Å². The summed E-state index contributed by atoms with van der Waals surface area (Å²) in [7, 11) is 0. The number of hydrogen-bond donors (Lipinski definition) is 0. The Morgan fingerprint density at radius 2 is 0.987 bits per heavy atom. The van der Waals surface area contributed by atoms with Crippen molar-refractivity contribution in [3.63, 3.8) is 0 Å². The van der Waals surface area contributed by atoms with Crippen LogP contribution in [-0.4, -0.2) is 23.3 Å². The van der Waals surface area contributed by atoms with E-state index in [9.17, 15) is 8.22 Å². The molecule has 0 N–H and O–H groups in total. The average molecular weight is 1190 g/mol. The molecule has 372 valence electrons. The number of para-hydroxylation sites is 5. The van der Waals surface area contributed by atoms with Gasteiger partial charge >= 0.3 is 424 Å². The maximum absolute atomic E-state index is 9.66. The second-order valence-electron chi connectivity index (χ2n) is 19.5. The van der Waals surface area contributed by atoms with Gasteiger partial charge in [-0.3, -0.25) is 0 Å². The van der Waals surface area contributed by atoms with Gasteiger partial charge in [0.05, 0.1) is 0 Å². The number of aromatic nitrogens is 5. The molecule has 0 aliphatic carbocycles. The number of fused-ring (bicyclic) bond motifs is 7. The number of pyridine rings is 1. The summed E-state index contributed by atoms with van der Waals surface area (Å²) in [5.74, 6) is 0.916. The van der Waals surface area contributed by atoms with Gasteiger partial charge in [0.1, 0.15) is 0 Å². The minimum atomic E-state index is -0.649. The molecule has 6 nitrogen and oxygen atoms in total. The van der Waals surface area contributed by atoms with E-state index in [-0.39, 0.29) is 61.7 Å². The molecule has 10 aromatic carbocycles. The Morgan fingerprint density at radius 3 is 1.57 bits per heavy atom. The van der Waals surface area contributed by atoms with Gasteiger partial charge in [0, 0.05) is 6.20 Å². The monoisotopic (exact) mass is 1190 g/mol. The molecule has 7 heteroatoms. The first-order valence-corrected chi connectivity index (χ1v) is 25.8. The topological polar surface area (TPSA) is 41.8 Å². The van der Waals surface area contributed by atoms with E-state index < -0.39 is 90.6 Å². The normalized spacial score (nSPS) is 14.6. The van der Waals surface area contributed by atoms with Crippen LogP contribution in [-0.2, 0) is 24.8 Å². The van der Waals surface area contributed by atoms with Crippen LogP contribution in [0.4, 0.5) is 0 Å². The van der Waals surface area contributed by atoms with Gasteiger partial charge in [0.25, 0.3) is 0 Å². The van der Waals surface area contributed by atoms with Gasteiger partial charge in [0.15, 0.2) is 0 Å². The van der Waals surface area contributed by atoms with Crippen LogP contribution in [0.1, 0.15) is 46.9 Å². The first-order chi connectivity index (χ1) is 44.0. The average Bonchev–Trinajstić information content (AvgIpc) is 1.42. The van der Waals surface area contributed by atoms with Gasteiger partial charge in [-0.15, -0.1) is 0 Å². The molecule has 0 aliphatic heterocycles. The third-order valence-corrected chi connectivity index (χ3v) is 14.9. The number of hydrogen-bond acceptors (Lipinski definition) is 2. The summed E-state index contributed by atoms with van der Waals surface area (Å²) in [6, 6.07) is 42.7. The molecule has 0 amide bonds. The van der Waals surface area contributed by atoms with E-state index in [0.717, 1.165) is 43.7 Å². The van der Waals surface area contributed by atoms with E-state index in [4.69, 9.17) is 22.1 Å². The predicted octanol–water partition coefficient (Wildman–Crippen LogP) is 17.8. The van der Waals surface area contributed by atoms with Crippen LogP contribution in [0.25, 0.3) is 111 Å². The number of nitrogens with zero attached hydrogens (tertiary/aromatic N) is 5. The van der Waals surface area contributed by atoms with Crippen molar-refractivity contribution in [1.29, 1.82) is 0 Å². The van der Waals surface area contributed by atoms with Crippen LogP contribution in [0.5, 0.6) is 11.5 Å². The minimum absolute atomic E-state index is 0.0268. The zero-order valence-electron chi connectivity index (χ0n) is 56.4. The van der Waals surface area contributed by atoms with Crippen LogP contribution in [0.2, 0.25) is 0 Å².